The van der Waals surface area contributed by atoms with E-state index in [4.69, 9.17) is 10.8 Å². The topological polar surface area (TPSA) is 104 Å². The summed E-state index contributed by atoms with van der Waals surface area (Å²) in [6.45, 7) is 3.66. The number of carbonyl (C=O) groups is 2. The normalized spacial score (nSPS) is 26.6. The number of hydrogen-bond acceptors (Lipinski definition) is 5. The molecule has 0 radical (unpaired) electrons. The highest BCUT2D eigenvalue weighted by molar-refractivity contribution is 5.91. The van der Waals surface area contributed by atoms with Crippen molar-refractivity contribution in [2.24, 2.45) is 17.6 Å². The monoisotopic (exact) mass is 258 g/mol. The minimum absolute atomic E-state index is 0.123. The molecule has 1 aliphatic rings. The van der Waals surface area contributed by atoms with Gasteiger partial charge in [0, 0.05) is 12.5 Å². The summed E-state index contributed by atoms with van der Waals surface area (Å²) in [5.41, 5.74) is 5.79. The van der Waals surface area contributed by atoms with E-state index in [9.17, 15) is 14.7 Å². The molecule has 6 heteroatoms. The van der Waals surface area contributed by atoms with E-state index in [1.165, 1.54) is 4.90 Å². The Balaban J connectivity index is 2.66. The Bertz CT molecular complexity index is 319. The Morgan fingerprint density at radius 1 is 1.56 bits per heavy atom. The maximum Gasteiger partial charge on any atom is 0.239 e. The number of piperidine rings is 1. The Morgan fingerprint density at radius 3 is 2.67 bits per heavy atom. The fourth-order valence-electron chi connectivity index (χ4n) is 2.16. The van der Waals surface area contributed by atoms with Gasteiger partial charge in [0.05, 0.1) is 19.2 Å². The van der Waals surface area contributed by atoms with Crippen LogP contribution in [0, 0.1) is 11.8 Å². The predicted octanol–water partition coefficient (Wildman–Crippen LogP) is -1.26. The molecule has 0 spiro atoms. The SMILES string of the molecule is CC(C)C[C@@H](N)C(=O)N1CC(=O)[C@H](O)[C@@H](CO)C1. The summed E-state index contributed by atoms with van der Waals surface area (Å²) in [5, 5.41) is 18.6. The van der Waals surface area contributed by atoms with Crippen molar-refractivity contribution >= 4 is 11.7 Å². The second kappa shape index (κ2) is 6.26. The minimum atomic E-state index is -1.18. The van der Waals surface area contributed by atoms with E-state index in [2.05, 4.69) is 0 Å². The van der Waals surface area contributed by atoms with Crippen molar-refractivity contribution in [3.63, 3.8) is 0 Å². The van der Waals surface area contributed by atoms with E-state index >= 15 is 0 Å². The zero-order chi connectivity index (χ0) is 13.9. The predicted molar refractivity (Wildman–Crippen MR) is 65.6 cm³/mol. The van der Waals surface area contributed by atoms with Crippen LogP contribution in [0.15, 0.2) is 0 Å². The van der Waals surface area contributed by atoms with Crippen LogP contribution in [0.4, 0.5) is 0 Å². The molecule has 1 amide bonds. The molecule has 18 heavy (non-hydrogen) atoms. The van der Waals surface area contributed by atoms with E-state index in [0.29, 0.717) is 12.3 Å². The molecule has 1 fully saturated rings. The summed E-state index contributed by atoms with van der Waals surface area (Å²) in [7, 11) is 0. The van der Waals surface area contributed by atoms with Gasteiger partial charge in [-0.3, -0.25) is 9.59 Å². The number of nitrogens with zero attached hydrogens (tertiary/aromatic N) is 1. The van der Waals surface area contributed by atoms with Crippen molar-refractivity contribution in [1.29, 1.82) is 0 Å². The van der Waals surface area contributed by atoms with Crippen molar-refractivity contribution < 1.29 is 19.8 Å². The molecule has 0 aromatic rings. The largest absolute Gasteiger partial charge is 0.396 e. The van der Waals surface area contributed by atoms with Gasteiger partial charge in [-0.1, -0.05) is 13.8 Å². The van der Waals surface area contributed by atoms with Crippen molar-refractivity contribution in [2.75, 3.05) is 19.7 Å². The van der Waals surface area contributed by atoms with Gasteiger partial charge in [-0.25, -0.2) is 0 Å². The van der Waals surface area contributed by atoms with E-state index in [1.807, 2.05) is 13.8 Å². The fourth-order valence-corrected chi connectivity index (χ4v) is 2.16. The van der Waals surface area contributed by atoms with Crippen molar-refractivity contribution in [2.45, 2.75) is 32.4 Å². The second-order valence-corrected chi connectivity index (χ2v) is 5.31. The Kier molecular flexibility index (Phi) is 5.25. The van der Waals surface area contributed by atoms with Gasteiger partial charge in [0.2, 0.25) is 5.91 Å². The van der Waals surface area contributed by atoms with Crippen LogP contribution in [0.25, 0.3) is 0 Å². The zero-order valence-electron chi connectivity index (χ0n) is 10.9. The molecule has 1 heterocycles. The maximum absolute atomic E-state index is 12.0. The van der Waals surface area contributed by atoms with Gasteiger partial charge in [0.15, 0.2) is 5.78 Å². The van der Waals surface area contributed by atoms with Crippen LogP contribution >= 0.6 is 0 Å². The van der Waals surface area contributed by atoms with E-state index < -0.39 is 23.8 Å². The minimum Gasteiger partial charge on any atom is -0.396 e. The lowest BCUT2D eigenvalue weighted by molar-refractivity contribution is -0.148. The van der Waals surface area contributed by atoms with Crippen LogP contribution in [0.2, 0.25) is 0 Å². The van der Waals surface area contributed by atoms with Crippen LogP contribution in [-0.2, 0) is 9.59 Å². The first-order valence-corrected chi connectivity index (χ1v) is 6.22. The summed E-state index contributed by atoms with van der Waals surface area (Å²) in [4.78, 5) is 24.9. The molecule has 1 rings (SSSR count). The lowest BCUT2D eigenvalue weighted by atomic mass is 9.93. The smallest absolute Gasteiger partial charge is 0.239 e. The van der Waals surface area contributed by atoms with Crippen molar-refractivity contribution in [3.05, 3.63) is 0 Å². The number of ketones is 1. The average molecular weight is 258 g/mol. The third kappa shape index (κ3) is 3.51. The van der Waals surface area contributed by atoms with Gasteiger partial charge < -0.3 is 20.8 Å². The van der Waals surface area contributed by atoms with Crippen molar-refractivity contribution in [3.8, 4) is 0 Å². The lowest BCUT2D eigenvalue weighted by Gasteiger charge is -2.35. The van der Waals surface area contributed by atoms with Crippen LogP contribution in [0.3, 0.4) is 0 Å². The van der Waals surface area contributed by atoms with Gasteiger partial charge in [-0.15, -0.1) is 0 Å². The first-order chi connectivity index (χ1) is 8.36. The molecular weight excluding hydrogens is 236 g/mol. The Labute approximate surface area is 107 Å². The Hall–Kier alpha value is -0.980. The lowest BCUT2D eigenvalue weighted by Crippen LogP contribution is -2.56. The van der Waals surface area contributed by atoms with Gasteiger partial charge >= 0.3 is 0 Å². The van der Waals surface area contributed by atoms with Crippen LogP contribution < -0.4 is 5.73 Å². The van der Waals surface area contributed by atoms with Gasteiger partial charge in [-0.05, 0) is 12.3 Å². The van der Waals surface area contributed by atoms with Crippen LogP contribution in [-0.4, -0.2) is 58.6 Å². The summed E-state index contributed by atoms with van der Waals surface area (Å²) in [6, 6.07) is -0.632. The molecule has 1 aliphatic heterocycles. The quantitative estimate of drug-likeness (QED) is 0.584. The summed E-state index contributed by atoms with van der Waals surface area (Å²) in [5.74, 6) is -1.04. The van der Waals surface area contributed by atoms with Crippen molar-refractivity contribution in [1.82, 2.24) is 4.90 Å². The molecule has 4 N–H and O–H groups in total. The number of rotatable bonds is 4. The molecule has 0 bridgehead atoms. The number of nitrogens with two attached hydrogens (primary N) is 1. The summed E-state index contributed by atoms with van der Waals surface area (Å²) < 4.78 is 0. The van der Waals surface area contributed by atoms with Gasteiger partial charge in [0.1, 0.15) is 6.10 Å². The number of Topliss-reactive ketones (excluding diaryl/α,β-unsaturated/α-hetero) is 1. The number of aliphatic hydroxyl groups excluding tert-OH is 2. The third-order valence-electron chi connectivity index (χ3n) is 3.17. The highest BCUT2D eigenvalue weighted by atomic mass is 16.3. The van der Waals surface area contributed by atoms with Crippen LogP contribution in [0.5, 0.6) is 0 Å². The molecule has 0 aromatic heterocycles. The van der Waals surface area contributed by atoms with E-state index in [1.54, 1.807) is 0 Å². The van der Waals surface area contributed by atoms with E-state index in [0.717, 1.165) is 0 Å². The standard InChI is InChI=1S/C12H22N2O4/c1-7(2)3-9(13)12(18)14-4-8(6-15)11(17)10(16)5-14/h7-9,11,15,17H,3-6,13H2,1-2H3/t8-,9-,11-/m1/s1. The molecular formula is C12H22N2O4. The van der Waals surface area contributed by atoms with E-state index in [-0.39, 0.29) is 25.6 Å². The highest BCUT2D eigenvalue weighted by Gasteiger charge is 2.37. The van der Waals surface area contributed by atoms with Gasteiger partial charge in [-0.2, -0.15) is 0 Å². The van der Waals surface area contributed by atoms with Gasteiger partial charge in [0.25, 0.3) is 0 Å². The summed E-state index contributed by atoms with van der Waals surface area (Å²) >= 11 is 0. The fraction of sp³-hybridized carbons (Fsp3) is 0.833. The second-order valence-electron chi connectivity index (χ2n) is 5.31. The highest BCUT2D eigenvalue weighted by Crippen LogP contribution is 2.16. The molecule has 0 unspecified atom stereocenters. The third-order valence-corrected chi connectivity index (χ3v) is 3.17. The molecule has 3 atom stereocenters. The number of aliphatic hydroxyl groups is 2. The average Bonchev–Trinajstić information content (AvgIpc) is 2.30. The van der Waals surface area contributed by atoms with Crippen LogP contribution in [0.1, 0.15) is 20.3 Å². The number of likely N-dealkylation sites (tertiary alicyclic amines) is 1. The summed E-state index contributed by atoms with van der Waals surface area (Å²) in [6.07, 6.45) is -0.629. The molecule has 1 saturated heterocycles. The number of carbonyl (C=O) groups excluding carboxylic acids is 2. The molecule has 104 valence electrons. The molecule has 0 saturated carbocycles. The number of amides is 1. The first-order valence-electron chi connectivity index (χ1n) is 6.22. The first kappa shape index (κ1) is 15.1. The zero-order valence-corrected chi connectivity index (χ0v) is 10.9. The molecule has 0 aromatic carbocycles. The molecule has 6 nitrogen and oxygen atoms in total. The molecule has 0 aliphatic carbocycles. The Morgan fingerprint density at radius 2 is 2.17 bits per heavy atom. The maximum atomic E-state index is 12.0. The number of hydrogen-bond donors (Lipinski definition) is 3.